The molecule has 2 heteroatoms. The summed E-state index contributed by atoms with van der Waals surface area (Å²) in [5, 5.41) is 3.19. The Balaban J connectivity index is 2.49. The SMILES string of the molecule is CCC(C)(CCCCNC)C1CC=CC(=O)C1. The second-order valence-electron chi connectivity index (χ2n) is 5.57. The highest BCUT2D eigenvalue weighted by Gasteiger charge is 2.33. The summed E-state index contributed by atoms with van der Waals surface area (Å²) in [7, 11) is 2.00. The Morgan fingerprint density at radius 2 is 2.24 bits per heavy atom. The second kappa shape index (κ2) is 6.95. The third kappa shape index (κ3) is 4.27. The molecule has 0 aromatic carbocycles. The van der Waals surface area contributed by atoms with E-state index in [4.69, 9.17) is 0 Å². The molecule has 1 N–H and O–H groups in total. The van der Waals surface area contributed by atoms with Crippen LogP contribution in [0.25, 0.3) is 0 Å². The van der Waals surface area contributed by atoms with E-state index in [0.717, 1.165) is 19.4 Å². The van der Waals surface area contributed by atoms with Crippen molar-refractivity contribution in [3.8, 4) is 0 Å². The smallest absolute Gasteiger partial charge is 0.155 e. The van der Waals surface area contributed by atoms with Gasteiger partial charge in [-0.15, -0.1) is 0 Å². The monoisotopic (exact) mass is 237 g/mol. The molecule has 0 aromatic heterocycles. The van der Waals surface area contributed by atoms with E-state index in [0.29, 0.717) is 17.1 Å². The molecule has 0 saturated heterocycles. The van der Waals surface area contributed by atoms with Gasteiger partial charge in [-0.2, -0.15) is 0 Å². The van der Waals surface area contributed by atoms with E-state index < -0.39 is 0 Å². The molecule has 17 heavy (non-hydrogen) atoms. The summed E-state index contributed by atoms with van der Waals surface area (Å²) < 4.78 is 0. The van der Waals surface area contributed by atoms with Crippen molar-refractivity contribution in [2.75, 3.05) is 13.6 Å². The first-order chi connectivity index (χ1) is 8.12. The number of unbranched alkanes of at least 4 members (excludes halogenated alkanes) is 1. The molecule has 0 aliphatic heterocycles. The topological polar surface area (TPSA) is 29.1 Å². The Labute approximate surface area is 106 Å². The molecule has 0 amide bonds. The fraction of sp³-hybridized carbons (Fsp3) is 0.800. The third-order valence-corrected chi connectivity index (χ3v) is 4.39. The molecule has 0 radical (unpaired) electrons. The maximum atomic E-state index is 11.5. The largest absolute Gasteiger partial charge is 0.320 e. The Kier molecular flexibility index (Phi) is 5.90. The lowest BCUT2D eigenvalue weighted by Gasteiger charge is -2.38. The predicted octanol–water partition coefficient (Wildman–Crippen LogP) is 3.33. The standard InChI is InChI=1S/C15H27NO/c1-4-15(2,10-5-6-11-16-3)13-8-7-9-14(17)12-13/h7,9,13,16H,4-6,8,10-12H2,1-3H3. The Hall–Kier alpha value is -0.630. The van der Waals surface area contributed by atoms with Gasteiger partial charge in [0.2, 0.25) is 0 Å². The van der Waals surface area contributed by atoms with Crippen molar-refractivity contribution in [3.63, 3.8) is 0 Å². The zero-order chi connectivity index (χ0) is 12.7. The predicted molar refractivity (Wildman–Crippen MR) is 73.0 cm³/mol. The number of carbonyl (C=O) groups excluding carboxylic acids is 1. The maximum Gasteiger partial charge on any atom is 0.155 e. The van der Waals surface area contributed by atoms with Crippen molar-refractivity contribution in [2.45, 2.75) is 52.4 Å². The van der Waals surface area contributed by atoms with Gasteiger partial charge in [-0.1, -0.05) is 32.8 Å². The van der Waals surface area contributed by atoms with Gasteiger partial charge in [-0.25, -0.2) is 0 Å². The van der Waals surface area contributed by atoms with Crippen LogP contribution in [0.5, 0.6) is 0 Å². The third-order valence-electron chi connectivity index (χ3n) is 4.39. The molecule has 0 aromatic rings. The molecule has 1 aliphatic rings. The number of rotatable bonds is 7. The van der Waals surface area contributed by atoms with Crippen molar-refractivity contribution in [3.05, 3.63) is 12.2 Å². The van der Waals surface area contributed by atoms with Crippen molar-refractivity contribution in [1.82, 2.24) is 5.32 Å². The van der Waals surface area contributed by atoms with Crippen LogP contribution in [0.15, 0.2) is 12.2 Å². The molecule has 2 unspecified atom stereocenters. The van der Waals surface area contributed by atoms with Crippen LogP contribution in [-0.2, 0) is 4.79 Å². The number of nitrogens with one attached hydrogen (secondary N) is 1. The van der Waals surface area contributed by atoms with Gasteiger partial charge in [-0.05, 0) is 50.3 Å². The fourth-order valence-electron chi connectivity index (χ4n) is 2.79. The van der Waals surface area contributed by atoms with Gasteiger partial charge in [-0.3, -0.25) is 4.79 Å². The van der Waals surface area contributed by atoms with Gasteiger partial charge in [0.1, 0.15) is 0 Å². The molecule has 2 atom stereocenters. The van der Waals surface area contributed by atoms with E-state index in [9.17, 15) is 4.79 Å². The molecule has 98 valence electrons. The lowest BCUT2D eigenvalue weighted by Crippen LogP contribution is -2.30. The molecular weight excluding hydrogens is 210 g/mol. The Morgan fingerprint density at radius 1 is 1.47 bits per heavy atom. The van der Waals surface area contributed by atoms with Gasteiger partial charge < -0.3 is 5.32 Å². The first-order valence-electron chi connectivity index (χ1n) is 6.96. The van der Waals surface area contributed by atoms with Gasteiger partial charge in [0.05, 0.1) is 0 Å². The zero-order valence-electron chi connectivity index (χ0n) is 11.6. The summed E-state index contributed by atoms with van der Waals surface area (Å²) in [6.07, 6.45) is 10.6. The summed E-state index contributed by atoms with van der Waals surface area (Å²) in [5.74, 6) is 0.871. The lowest BCUT2D eigenvalue weighted by atomic mass is 9.67. The Morgan fingerprint density at radius 3 is 2.82 bits per heavy atom. The summed E-state index contributed by atoms with van der Waals surface area (Å²) in [5.41, 5.74) is 0.341. The van der Waals surface area contributed by atoms with E-state index >= 15 is 0 Å². The molecule has 0 spiro atoms. The van der Waals surface area contributed by atoms with Crippen molar-refractivity contribution in [1.29, 1.82) is 0 Å². The van der Waals surface area contributed by atoms with Gasteiger partial charge in [0, 0.05) is 6.42 Å². The molecular formula is C15H27NO. The molecule has 1 rings (SSSR count). The van der Waals surface area contributed by atoms with Crippen molar-refractivity contribution in [2.24, 2.45) is 11.3 Å². The number of hydrogen-bond donors (Lipinski definition) is 1. The van der Waals surface area contributed by atoms with Gasteiger partial charge in [0.15, 0.2) is 5.78 Å². The average Bonchev–Trinajstić information content (AvgIpc) is 2.34. The van der Waals surface area contributed by atoms with Crippen LogP contribution in [0.3, 0.4) is 0 Å². The quantitative estimate of drug-likeness (QED) is 0.688. The van der Waals surface area contributed by atoms with Crippen LogP contribution in [0.4, 0.5) is 0 Å². The normalized spacial score (nSPS) is 23.7. The second-order valence-corrected chi connectivity index (χ2v) is 5.57. The highest BCUT2D eigenvalue weighted by molar-refractivity contribution is 5.90. The first kappa shape index (κ1) is 14.4. The van der Waals surface area contributed by atoms with E-state index in [1.165, 1.54) is 25.7 Å². The molecule has 0 bridgehead atoms. The number of ketones is 1. The number of hydrogen-bond acceptors (Lipinski definition) is 2. The lowest BCUT2D eigenvalue weighted by molar-refractivity contribution is -0.117. The van der Waals surface area contributed by atoms with E-state index in [1.54, 1.807) is 6.08 Å². The number of carbonyl (C=O) groups is 1. The van der Waals surface area contributed by atoms with Crippen LogP contribution in [-0.4, -0.2) is 19.4 Å². The summed E-state index contributed by atoms with van der Waals surface area (Å²) >= 11 is 0. The van der Waals surface area contributed by atoms with Gasteiger partial charge in [0.25, 0.3) is 0 Å². The summed E-state index contributed by atoms with van der Waals surface area (Å²) in [6.45, 7) is 5.73. The maximum absolute atomic E-state index is 11.5. The van der Waals surface area contributed by atoms with Crippen LogP contribution in [0, 0.1) is 11.3 Å². The van der Waals surface area contributed by atoms with Crippen molar-refractivity contribution < 1.29 is 4.79 Å². The van der Waals surface area contributed by atoms with Gasteiger partial charge >= 0.3 is 0 Å². The average molecular weight is 237 g/mol. The van der Waals surface area contributed by atoms with E-state index in [2.05, 4.69) is 25.2 Å². The Bertz CT molecular complexity index is 272. The molecule has 2 nitrogen and oxygen atoms in total. The van der Waals surface area contributed by atoms with Crippen LogP contribution in [0.1, 0.15) is 52.4 Å². The summed E-state index contributed by atoms with van der Waals surface area (Å²) in [4.78, 5) is 11.5. The minimum Gasteiger partial charge on any atom is -0.320 e. The molecule has 0 heterocycles. The minimum atomic E-state index is 0.316. The number of allylic oxidation sites excluding steroid dienone is 2. The minimum absolute atomic E-state index is 0.316. The summed E-state index contributed by atoms with van der Waals surface area (Å²) in [6, 6.07) is 0. The zero-order valence-corrected chi connectivity index (χ0v) is 11.6. The van der Waals surface area contributed by atoms with Crippen LogP contribution in [0.2, 0.25) is 0 Å². The highest BCUT2D eigenvalue weighted by atomic mass is 16.1. The molecule has 0 saturated carbocycles. The van der Waals surface area contributed by atoms with Crippen LogP contribution < -0.4 is 5.32 Å². The van der Waals surface area contributed by atoms with Crippen LogP contribution >= 0.6 is 0 Å². The first-order valence-corrected chi connectivity index (χ1v) is 6.96. The van der Waals surface area contributed by atoms with E-state index in [1.807, 2.05) is 7.05 Å². The fourth-order valence-corrected chi connectivity index (χ4v) is 2.79. The molecule has 1 aliphatic carbocycles. The molecule has 0 fully saturated rings. The highest BCUT2D eigenvalue weighted by Crippen LogP contribution is 2.41. The van der Waals surface area contributed by atoms with Crippen molar-refractivity contribution >= 4 is 5.78 Å². The van der Waals surface area contributed by atoms with E-state index in [-0.39, 0.29) is 0 Å².